The highest BCUT2D eigenvalue weighted by atomic mass is 32.1. The van der Waals surface area contributed by atoms with Gasteiger partial charge in [-0.15, -0.1) is 0 Å². The SMILES string of the molecule is Nc1cc(NC(=O)c2csc([N+](=O)[O-])c2)ccc1F. The maximum Gasteiger partial charge on any atom is 0.324 e. The quantitative estimate of drug-likeness (QED) is 0.513. The summed E-state index contributed by atoms with van der Waals surface area (Å²) in [7, 11) is 0. The van der Waals surface area contributed by atoms with E-state index in [9.17, 15) is 19.3 Å². The van der Waals surface area contributed by atoms with E-state index in [1.54, 1.807) is 0 Å². The molecule has 0 unspecified atom stereocenters. The molecule has 1 amide bonds. The lowest BCUT2D eigenvalue weighted by molar-refractivity contribution is -0.380. The van der Waals surface area contributed by atoms with Crippen molar-refractivity contribution in [1.82, 2.24) is 0 Å². The molecule has 0 aliphatic carbocycles. The van der Waals surface area contributed by atoms with E-state index in [0.29, 0.717) is 5.69 Å². The first-order valence-corrected chi connectivity index (χ1v) is 5.94. The summed E-state index contributed by atoms with van der Waals surface area (Å²) in [6, 6.07) is 4.92. The molecule has 0 saturated heterocycles. The molecule has 0 radical (unpaired) electrons. The standard InChI is InChI=1S/C11H8FN3O3S/c12-8-2-1-7(4-9(8)13)14-11(16)6-3-10(15(17)18)19-5-6/h1-5H,13H2,(H,14,16). The zero-order valence-corrected chi connectivity index (χ0v) is 10.2. The molecule has 6 nitrogen and oxygen atoms in total. The van der Waals surface area contributed by atoms with Crippen molar-refractivity contribution in [2.24, 2.45) is 0 Å². The summed E-state index contributed by atoms with van der Waals surface area (Å²) in [5.74, 6) is -1.10. The Hall–Kier alpha value is -2.48. The third-order valence-electron chi connectivity index (χ3n) is 2.28. The van der Waals surface area contributed by atoms with Crippen LogP contribution in [0.5, 0.6) is 0 Å². The van der Waals surface area contributed by atoms with E-state index in [0.717, 1.165) is 17.4 Å². The van der Waals surface area contributed by atoms with Crippen LogP contribution >= 0.6 is 11.3 Å². The van der Waals surface area contributed by atoms with Crippen LogP contribution in [0, 0.1) is 15.9 Å². The van der Waals surface area contributed by atoms with Gasteiger partial charge in [-0.05, 0) is 18.2 Å². The minimum absolute atomic E-state index is 0.0888. The second kappa shape index (κ2) is 5.02. The average Bonchev–Trinajstić information content (AvgIpc) is 2.83. The topological polar surface area (TPSA) is 98.3 Å². The molecular formula is C11H8FN3O3S. The van der Waals surface area contributed by atoms with Gasteiger partial charge in [0.2, 0.25) is 0 Å². The number of nitrogens with one attached hydrogen (secondary N) is 1. The molecule has 0 aliphatic rings. The normalized spacial score (nSPS) is 10.2. The Bertz CT molecular complexity index is 656. The number of anilines is 2. The number of halogens is 1. The van der Waals surface area contributed by atoms with Crippen molar-refractivity contribution in [1.29, 1.82) is 0 Å². The van der Waals surface area contributed by atoms with Crippen molar-refractivity contribution in [3.05, 3.63) is 51.1 Å². The van der Waals surface area contributed by atoms with Crippen molar-refractivity contribution in [2.45, 2.75) is 0 Å². The van der Waals surface area contributed by atoms with Crippen LogP contribution in [-0.2, 0) is 0 Å². The Balaban J connectivity index is 2.15. The molecule has 1 aromatic carbocycles. The first-order chi connectivity index (χ1) is 8.97. The number of thiophene rings is 1. The van der Waals surface area contributed by atoms with Crippen LogP contribution < -0.4 is 11.1 Å². The molecule has 2 aromatic rings. The van der Waals surface area contributed by atoms with Gasteiger partial charge in [0.1, 0.15) is 5.82 Å². The third kappa shape index (κ3) is 2.86. The number of nitrogens with zero attached hydrogens (tertiary/aromatic N) is 1. The van der Waals surface area contributed by atoms with E-state index in [4.69, 9.17) is 5.73 Å². The number of nitrogen functional groups attached to an aromatic ring is 1. The van der Waals surface area contributed by atoms with E-state index in [2.05, 4.69) is 5.32 Å². The van der Waals surface area contributed by atoms with Crippen LogP contribution in [0.4, 0.5) is 20.8 Å². The Morgan fingerprint density at radius 2 is 2.16 bits per heavy atom. The lowest BCUT2D eigenvalue weighted by Gasteiger charge is -2.04. The Kier molecular flexibility index (Phi) is 3.43. The van der Waals surface area contributed by atoms with Crippen molar-refractivity contribution in [3.63, 3.8) is 0 Å². The molecule has 8 heteroatoms. The predicted molar refractivity (Wildman–Crippen MR) is 69.7 cm³/mol. The predicted octanol–water partition coefficient (Wildman–Crippen LogP) is 2.63. The minimum atomic E-state index is -0.579. The van der Waals surface area contributed by atoms with Crippen LogP contribution in [0.1, 0.15) is 10.4 Å². The number of nitro groups is 1. The minimum Gasteiger partial charge on any atom is -0.396 e. The first-order valence-electron chi connectivity index (χ1n) is 5.06. The Morgan fingerprint density at radius 3 is 2.74 bits per heavy atom. The largest absolute Gasteiger partial charge is 0.396 e. The highest BCUT2D eigenvalue weighted by molar-refractivity contribution is 7.13. The first kappa shape index (κ1) is 13.0. The number of hydrogen-bond acceptors (Lipinski definition) is 5. The smallest absolute Gasteiger partial charge is 0.324 e. The molecule has 2 rings (SSSR count). The van der Waals surface area contributed by atoms with Gasteiger partial charge in [-0.3, -0.25) is 14.9 Å². The summed E-state index contributed by atoms with van der Waals surface area (Å²) in [5.41, 5.74) is 5.76. The highest BCUT2D eigenvalue weighted by Gasteiger charge is 2.15. The number of rotatable bonds is 3. The second-order valence-corrected chi connectivity index (χ2v) is 4.51. The van der Waals surface area contributed by atoms with E-state index < -0.39 is 16.6 Å². The van der Waals surface area contributed by atoms with Crippen molar-refractivity contribution in [3.8, 4) is 0 Å². The molecule has 3 N–H and O–H groups in total. The van der Waals surface area contributed by atoms with E-state index in [1.165, 1.54) is 23.6 Å². The van der Waals surface area contributed by atoms with Crippen molar-refractivity contribution in [2.75, 3.05) is 11.1 Å². The fourth-order valence-corrected chi connectivity index (χ4v) is 2.07. The fraction of sp³-hybridized carbons (Fsp3) is 0. The molecule has 19 heavy (non-hydrogen) atoms. The third-order valence-corrected chi connectivity index (χ3v) is 3.16. The summed E-state index contributed by atoms with van der Waals surface area (Å²) >= 11 is 0.858. The van der Waals surface area contributed by atoms with Gasteiger partial charge in [-0.1, -0.05) is 11.3 Å². The van der Waals surface area contributed by atoms with Crippen LogP contribution in [0.15, 0.2) is 29.6 Å². The molecule has 0 saturated carbocycles. The van der Waals surface area contributed by atoms with Crippen LogP contribution in [0.2, 0.25) is 0 Å². The van der Waals surface area contributed by atoms with E-state index >= 15 is 0 Å². The summed E-state index contributed by atoms with van der Waals surface area (Å²) in [6.45, 7) is 0. The van der Waals surface area contributed by atoms with Crippen LogP contribution in [-0.4, -0.2) is 10.8 Å². The van der Waals surface area contributed by atoms with E-state index in [-0.39, 0.29) is 16.3 Å². The molecular weight excluding hydrogens is 273 g/mol. The molecule has 0 fully saturated rings. The second-order valence-electron chi connectivity index (χ2n) is 3.62. The number of carbonyl (C=O) groups is 1. The molecule has 98 valence electrons. The number of carbonyl (C=O) groups excluding carboxylic acids is 1. The van der Waals surface area contributed by atoms with Gasteiger partial charge in [-0.25, -0.2) is 4.39 Å². The van der Waals surface area contributed by atoms with Crippen LogP contribution in [0.3, 0.4) is 0 Å². The number of benzene rings is 1. The lowest BCUT2D eigenvalue weighted by atomic mass is 10.2. The summed E-state index contributed by atoms with van der Waals surface area (Å²) < 4.78 is 12.9. The highest BCUT2D eigenvalue weighted by Crippen LogP contribution is 2.24. The summed E-state index contributed by atoms with van der Waals surface area (Å²) in [5, 5.41) is 14.2. The monoisotopic (exact) mass is 281 g/mol. The maximum absolute atomic E-state index is 12.9. The zero-order valence-electron chi connectivity index (χ0n) is 9.42. The van der Waals surface area contributed by atoms with Gasteiger partial charge < -0.3 is 11.1 Å². The maximum atomic E-state index is 12.9. The van der Waals surface area contributed by atoms with Gasteiger partial charge in [-0.2, -0.15) is 0 Å². The average molecular weight is 281 g/mol. The summed E-state index contributed by atoms with van der Waals surface area (Å²) in [4.78, 5) is 21.7. The molecule has 1 aromatic heterocycles. The summed E-state index contributed by atoms with van der Waals surface area (Å²) in [6.07, 6.45) is 0. The van der Waals surface area contributed by atoms with Gasteiger partial charge >= 0.3 is 5.00 Å². The lowest BCUT2D eigenvalue weighted by Crippen LogP contribution is -2.11. The van der Waals surface area contributed by atoms with Gasteiger partial charge in [0.15, 0.2) is 0 Å². The fourth-order valence-electron chi connectivity index (χ4n) is 1.36. The number of hydrogen-bond donors (Lipinski definition) is 2. The molecule has 1 heterocycles. The molecule has 0 aliphatic heterocycles. The Labute approximate surface area is 110 Å². The number of amides is 1. The van der Waals surface area contributed by atoms with Gasteiger partial charge in [0.05, 0.1) is 16.2 Å². The molecule has 0 spiro atoms. The molecule has 0 atom stereocenters. The van der Waals surface area contributed by atoms with Gasteiger partial charge in [0, 0.05) is 17.1 Å². The van der Waals surface area contributed by atoms with Gasteiger partial charge in [0.25, 0.3) is 5.91 Å². The molecule has 0 bridgehead atoms. The van der Waals surface area contributed by atoms with Crippen molar-refractivity contribution >= 4 is 33.6 Å². The number of nitrogens with two attached hydrogens (primary N) is 1. The Morgan fingerprint density at radius 1 is 1.42 bits per heavy atom. The van der Waals surface area contributed by atoms with E-state index in [1.807, 2.05) is 0 Å². The zero-order chi connectivity index (χ0) is 14.0. The van der Waals surface area contributed by atoms with Crippen molar-refractivity contribution < 1.29 is 14.1 Å². The van der Waals surface area contributed by atoms with Crippen LogP contribution in [0.25, 0.3) is 0 Å².